The Hall–Kier alpha value is 0.200. The van der Waals surface area contributed by atoms with Gasteiger partial charge >= 0.3 is 0 Å². The van der Waals surface area contributed by atoms with Gasteiger partial charge in [-0.2, -0.15) is 0 Å². The maximum Gasteiger partial charge on any atom is 0.148 e. The lowest BCUT2D eigenvalue weighted by Gasteiger charge is -2.17. The fraction of sp³-hybridized carbons (Fsp3) is 1.00. The van der Waals surface area contributed by atoms with E-state index in [1.54, 1.807) is 0 Å². The van der Waals surface area contributed by atoms with Crippen LogP contribution in [0.25, 0.3) is 0 Å². The molecule has 0 aliphatic carbocycles. The summed E-state index contributed by atoms with van der Waals surface area (Å²) in [5.41, 5.74) is 0. The molecule has 1 unspecified atom stereocenters. The summed E-state index contributed by atoms with van der Waals surface area (Å²) in [7, 11) is -2.86. The van der Waals surface area contributed by atoms with Crippen molar-refractivity contribution in [2.75, 3.05) is 24.4 Å². The average Bonchev–Trinajstić information content (AvgIpc) is 1.99. The number of sulfone groups is 1. The highest BCUT2D eigenvalue weighted by Gasteiger charge is 2.10. The van der Waals surface area contributed by atoms with Gasteiger partial charge in [-0.05, 0) is 12.3 Å². The van der Waals surface area contributed by atoms with E-state index in [9.17, 15) is 8.42 Å². The number of rotatable bonds is 7. The molecule has 0 aromatic heterocycles. The van der Waals surface area contributed by atoms with Crippen molar-refractivity contribution in [3.8, 4) is 0 Å². The third kappa shape index (κ3) is 8.78. The zero-order chi connectivity index (χ0) is 11.2. The summed E-state index contributed by atoms with van der Waals surface area (Å²) in [6.07, 6.45) is 2.22. The lowest BCUT2D eigenvalue weighted by Crippen LogP contribution is -2.35. The molecule has 0 saturated heterocycles. The van der Waals surface area contributed by atoms with Crippen LogP contribution in [0, 0.1) is 5.92 Å². The van der Waals surface area contributed by atoms with Crippen LogP contribution in [0.15, 0.2) is 0 Å². The molecule has 0 saturated carbocycles. The Morgan fingerprint density at radius 3 is 2.29 bits per heavy atom. The van der Waals surface area contributed by atoms with Gasteiger partial charge in [-0.25, -0.2) is 8.42 Å². The van der Waals surface area contributed by atoms with Crippen molar-refractivity contribution < 1.29 is 8.42 Å². The van der Waals surface area contributed by atoms with Gasteiger partial charge in [0.2, 0.25) is 0 Å². The normalized spacial score (nSPS) is 14.6. The highest BCUT2D eigenvalue weighted by molar-refractivity contribution is 7.90. The van der Waals surface area contributed by atoms with Crippen LogP contribution in [-0.4, -0.2) is 38.9 Å². The summed E-state index contributed by atoms with van der Waals surface area (Å²) in [6, 6.07) is 0.221. The van der Waals surface area contributed by atoms with Crippen molar-refractivity contribution in [3.05, 3.63) is 0 Å². The van der Waals surface area contributed by atoms with Crippen LogP contribution in [0.2, 0.25) is 0 Å². The van der Waals surface area contributed by atoms with Gasteiger partial charge in [0.05, 0.1) is 5.75 Å². The van der Waals surface area contributed by atoms with Crippen molar-refractivity contribution >= 4 is 21.4 Å². The Morgan fingerprint density at radius 1 is 1.36 bits per heavy atom. The SMILES string of the molecule is CC(C)CC(CCl)NCCS(C)(=O)=O. The van der Waals surface area contributed by atoms with E-state index in [4.69, 9.17) is 11.6 Å². The highest BCUT2D eigenvalue weighted by Crippen LogP contribution is 2.05. The molecule has 86 valence electrons. The molecule has 0 heterocycles. The summed E-state index contributed by atoms with van der Waals surface area (Å²) in [5, 5.41) is 3.15. The van der Waals surface area contributed by atoms with E-state index in [0.717, 1.165) is 6.42 Å². The monoisotopic (exact) mass is 241 g/mol. The van der Waals surface area contributed by atoms with E-state index in [0.29, 0.717) is 18.3 Å². The molecule has 1 atom stereocenters. The Balaban J connectivity index is 3.74. The summed E-state index contributed by atoms with van der Waals surface area (Å²) in [5.74, 6) is 1.28. The van der Waals surface area contributed by atoms with Crippen LogP contribution in [0.1, 0.15) is 20.3 Å². The largest absolute Gasteiger partial charge is 0.312 e. The second-order valence-corrected chi connectivity index (χ2v) is 6.63. The van der Waals surface area contributed by atoms with Gasteiger partial charge in [-0.15, -0.1) is 11.6 Å². The van der Waals surface area contributed by atoms with Crippen LogP contribution in [0.3, 0.4) is 0 Å². The van der Waals surface area contributed by atoms with Gasteiger partial charge in [0, 0.05) is 24.7 Å². The zero-order valence-electron chi connectivity index (χ0n) is 9.09. The summed E-state index contributed by atoms with van der Waals surface area (Å²) in [4.78, 5) is 0. The molecule has 0 aliphatic rings. The Morgan fingerprint density at radius 2 is 1.93 bits per heavy atom. The van der Waals surface area contributed by atoms with Crippen LogP contribution in [0.4, 0.5) is 0 Å². The van der Waals surface area contributed by atoms with Gasteiger partial charge in [0.1, 0.15) is 9.84 Å². The first-order valence-electron chi connectivity index (χ1n) is 4.82. The fourth-order valence-corrected chi connectivity index (χ4v) is 1.94. The summed E-state index contributed by atoms with van der Waals surface area (Å²) in [6.45, 7) is 4.73. The van der Waals surface area contributed by atoms with Crippen molar-refractivity contribution in [1.29, 1.82) is 0 Å². The lowest BCUT2D eigenvalue weighted by molar-refractivity contribution is 0.454. The van der Waals surface area contributed by atoms with Crippen molar-refractivity contribution in [2.45, 2.75) is 26.3 Å². The molecular weight excluding hydrogens is 222 g/mol. The van der Waals surface area contributed by atoms with E-state index in [1.165, 1.54) is 6.26 Å². The lowest BCUT2D eigenvalue weighted by atomic mass is 10.1. The molecule has 5 heteroatoms. The zero-order valence-corrected chi connectivity index (χ0v) is 10.7. The van der Waals surface area contributed by atoms with Gasteiger partial charge in [0.25, 0.3) is 0 Å². The van der Waals surface area contributed by atoms with Crippen LogP contribution < -0.4 is 5.32 Å². The first kappa shape index (κ1) is 14.2. The smallest absolute Gasteiger partial charge is 0.148 e. The minimum Gasteiger partial charge on any atom is -0.312 e. The quantitative estimate of drug-likeness (QED) is 0.683. The molecule has 0 aliphatic heterocycles. The molecule has 3 nitrogen and oxygen atoms in total. The number of alkyl halides is 1. The molecular formula is C9H20ClNO2S. The minimum atomic E-state index is -2.86. The number of halogens is 1. The van der Waals surface area contributed by atoms with E-state index >= 15 is 0 Å². The van der Waals surface area contributed by atoms with Gasteiger partial charge in [-0.1, -0.05) is 13.8 Å². The molecule has 0 spiro atoms. The van der Waals surface area contributed by atoms with E-state index < -0.39 is 9.84 Å². The molecule has 0 bridgehead atoms. The van der Waals surface area contributed by atoms with Crippen LogP contribution in [0.5, 0.6) is 0 Å². The van der Waals surface area contributed by atoms with Crippen molar-refractivity contribution in [2.24, 2.45) is 5.92 Å². The Labute approximate surface area is 92.1 Å². The number of hydrogen-bond donors (Lipinski definition) is 1. The van der Waals surface area contributed by atoms with Crippen molar-refractivity contribution in [1.82, 2.24) is 5.32 Å². The minimum absolute atomic E-state index is 0.179. The van der Waals surface area contributed by atoms with Gasteiger partial charge in [-0.3, -0.25) is 0 Å². The first-order chi connectivity index (χ1) is 6.35. The molecule has 0 aromatic carbocycles. The standard InChI is InChI=1S/C9H20ClNO2S/c1-8(2)6-9(7-10)11-4-5-14(3,12)13/h8-9,11H,4-7H2,1-3H3. The molecule has 0 radical (unpaired) electrons. The molecule has 0 fully saturated rings. The number of hydrogen-bond acceptors (Lipinski definition) is 3. The van der Waals surface area contributed by atoms with Gasteiger partial charge in [0.15, 0.2) is 0 Å². The maximum atomic E-state index is 10.9. The third-order valence-electron chi connectivity index (χ3n) is 1.85. The third-order valence-corrected chi connectivity index (χ3v) is 3.17. The Kier molecular flexibility index (Phi) is 6.74. The second kappa shape index (κ2) is 6.64. The Bertz CT molecular complexity index is 239. The second-order valence-electron chi connectivity index (χ2n) is 4.06. The van der Waals surface area contributed by atoms with E-state index in [2.05, 4.69) is 19.2 Å². The predicted molar refractivity (Wildman–Crippen MR) is 61.7 cm³/mol. The van der Waals surface area contributed by atoms with Crippen LogP contribution in [-0.2, 0) is 9.84 Å². The molecule has 1 N–H and O–H groups in total. The summed E-state index contributed by atoms with van der Waals surface area (Å²) >= 11 is 5.75. The maximum absolute atomic E-state index is 10.9. The van der Waals surface area contributed by atoms with E-state index in [1.807, 2.05) is 0 Å². The predicted octanol–water partition coefficient (Wildman–Crippen LogP) is 1.27. The van der Waals surface area contributed by atoms with E-state index in [-0.39, 0.29) is 11.8 Å². The highest BCUT2D eigenvalue weighted by atomic mass is 35.5. The topological polar surface area (TPSA) is 46.2 Å². The number of nitrogens with one attached hydrogen (secondary N) is 1. The average molecular weight is 242 g/mol. The van der Waals surface area contributed by atoms with Gasteiger partial charge < -0.3 is 5.32 Å². The first-order valence-corrected chi connectivity index (χ1v) is 7.41. The molecule has 0 aromatic rings. The summed E-state index contributed by atoms with van der Waals surface area (Å²) < 4.78 is 21.7. The van der Waals surface area contributed by atoms with Crippen molar-refractivity contribution in [3.63, 3.8) is 0 Å². The van der Waals surface area contributed by atoms with Crippen LogP contribution >= 0.6 is 11.6 Å². The molecule has 14 heavy (non-hydrogen) atoms. The molecule has 0 rings (SSSR count). The molecule has 0 amide bonds. The fourth-order valence-electron chi connectivity index (χ4n) is 1.22.